The first-order chi connectivity index (χ1) is 11.1. The van der Waals surface area contributed by atoms with Gasteiger partial charge in [-0.05, 0) is 36.4 Å². The molecule has 4 N–H and O–H groups in total. The Labute approximate surface area is 135 Å². The molecule has 7 nitrogen and oxygen atoms in total. The van der Waals surface area contributed by atoms with E-state index in [9.17, 15) is 9.90 Å². The van der Waals surface area contributed by atoms with Crippen LogP contribution >= 0.6 is 11.8 Å². The molecule has 3 rings (SSSR count). The molecule has 0 radical (unpaired) electrons. The van der Waals surface area contributed by atoms with Gasteiger partial charge in [-0.25, -0.2) is 4.98 Å². The third-order valence-electron chi connectivity index (χ3n) is 2.83. The third kappa shape index (κ3) is 3.61. The molecule has 0 unspecified atom stereocenters. The Morgan fingerprint density at radius 1 is 1.26 bits per heavy atom. The van der Waals surface area contributed by atoms with E-state index < -0.39 is 5.78 Å². The molecule has 2 heterocycles. The number of carbonyl (C=O) groups is 1. The van der Waals surface area contributed by atoms with Crippen molar-refractivity contribution in [2.75, 3.05) is 5.73 Å². The number of hydrogen-bond acceptors (Lipinski definition) is 7. The molecule has 0 spiro atoms. The second kappa shape index (κ2) is 6.41. The molecule has 0 aliphatic carbocycles. The summed E-state index contributed by atoms with van der Waals surface area (Å²) in [5, 5.41) is 16.4. The Kier molecular flexibility index (Phi) is 4.15. The zero-order chi connectivity index (χ0) is 16.2. The number of furan rings is 1. The van der Waals surface area contributed by atoms with Crippen molar-refractivity contribution in [2.45, 2.75) is 9.99 Å². The van der Waals surface area contributed by atoms with Gasteiger partial charge in [0.15, 0.2) is 16.6 Å². The summed E-state index contributed by atoms with van der Waals surface area (Å²) >= 11 is 1.36. The lowest BCUT2D eigenvalue weighted by atomic mass is 10.2. The van der Waals surface area contributed by atoms with E-state index >= 15 is 0 Å². The monoisotopic (exact) mass is 328 g/mol. The molecular weight excluding hydrogens is 316 g/mol. The van der Waals surface area contributed by atoms with Crippen LogP contribution in [0.3, 0.4) is 0 Å². The van der Waals surface area contributed by atoms with Crippen LogP contribution in [0.2, 0.25) is 0 Å². The van der Waals surface area contributed by atoms with Gasteiger partial charge in [0.25, 0.3) is 0 Å². The Balaban J connectivity index is 1.72. The van der Waals surface area contributed by atoms with Gasteiger partial charge in [-0.2, -0.15) is 5.10 Å². The summed E-state index contributed by atoms with van der Waals surface area (Å²) in [6, 6.07) is 10.5. The summed E-state index contributed by atoms with van der Waals surface area (Å²) in [5.74, 6) is -0.650. The predicted octanol–water partition coefficient (Wildman–Crippen LogP) is 2.91. The molecule has 23 heavy (non-hydrogen) atoms. The van der Waals surface area contributed by atoms with Crippen molar-refractivity contribution in [1.29, 1.82) is 0 Å². The number of nitrogen functional groups attached to an aromatic ring is 1. The minimum absolute atomic E-state index is 0.0429. The molecule has 0 aliphatic rings. The maximum atomic E-state index is 12.0. The number of aliphatic hydroxyl groups is 1. The SMILES string of the molecule is Nc1ccc(Sc2ccc(C(=O)C=C(O)c3nc[nH]n3)o2)cc1. The Morgan fingerprint density at radius 3 is 2.74 bits per heavy atom. The van der Waals surface area contributed by atoms with Crippen LogP contribution < -0.4 is 5.73 Å². The van der Waals surface area contributed by atoms with Gasteiger partial charge in [0.1, 0.15) is 6.33 Å². The van der Waals surface area contributed by atoms with Crippen molar-refractivity contribution in [3.05, 3.63) is 60.4 Å². The number of nitrogens with two attached hydrogens (primary N) is 1. The average molecular weight is 328 g/mol. The van der Waals surface area contributed by atoms with Gasteiger partial charge in [-0.1, -0.05) is 11.8 Å². The highest BCUT2D eigenvalue weighted by atomic mass is 32.2. The van der Waals surface area contributed by atoms with E-state index in [0.29, 0.717) is 10.8 Å². The predicted molar refractivity (Wildman–Crippen MR) is 85.0 cm³/mol. The first kappa shape index (κ1) is 14.9. The molecule has 0 aliphatic heterocycles. The molecule has 8 heteroatoms. The molecule has 0 amide bonds. The molecule has 0 fully saturated rings. The lowest BCUT2D eigenvalue weighted by Crippen LogP contribution is -1.95. The molecule has 116 valence electrons. The molecule has 0 bridgehead atoms. The maximum absolute atomic E-state index is 12.0. The van der Waals surface area contributed by atoms with E-state index in [4.69, 9.17) is 10.2 Å². The Bertz CT molecular complexity index is 838. The van der Waals surface area contributed by atoms with Crippen molar-refractivity contribution < 1.29 is 14.3 Å². The lowest BCUT2D eigenvalue weighted by molar-refractivity contribution is 0.101. The molecule has 0 saturated carbocycles. The number of aliphatic hydroxyl groups excluding tert-OH is 1. The van der Waals surface area contributed by atoms with Crippen molar-refractivity contribution >= 4 is 29.0 Å². The van der Waals surface area contributed by atoms with Crippen LogP contribution in [0.4, 0.5) is 5.69 Å². The van der Waals surface area contributed by atoms with Crippen LogP contribution in [0.5, 0.6) is 0 Å². The highest BCUT2D eigenvalue weighted by Gasteiger charge is 2.13. The number of ketones is 1. The third-order valence-corrected chi connectivity index (χ3v) is 3.76. The van der Waals surface area contributed by atoms with E-state index in [1.54, 1.807) is 24.3 Å². The number of aromatic amines is 1. The highest BCUT2D eigenvalue weighted by molar-refractivity contribution is 7.99. The van der Waals surface area contributed by atoms with Crippen molar-refractivity contribution in [2.24, 2.45) is 0 Å². The summed E-state index contributed by atoms with van der Waals surface area (Å²) < 4.78 is 5.48. The lowest BCUT2D eigenvalue weighted by Gasteiger charge is -1.98. The minimum atomic E-state index is -0.476. The van der Waals surface area contributed by atoms with E-state index in [-0.39, 0.29) is 17.3 Å². The first-order valence-corrected chi connectivity index (χ1v) is 7.38. The smallest absolute Gasteiger partial charge is 0.224 e. The van der Waals surface area contributed by atoms with Crippen LogP contribution in [0.15, 0.2) is 63.2 Å². The fraction of sp³-hybridized carbons (Fsp3) is 0. The number of hydrogen-bond donors (Lipinski definition) is 3. The minimum Gasteiger partial charge on any atom is -0.504 e. The number of carbonyl (C=O) groups excluding carboxylic acids is 1. The van der Waals surface area contributed by atoms with Crippen LogP contribution in [0.25, 0.3) is 5.76 Å². The topological polar surface area (TPSA) is 118 Å². The Hall–Kier alpha value is -3.00. The normalized spacial score (nSPS) is 11.6. The zero-order valence-corrected chi connectivity index (χ0v) is 12.6. The number of allylic oxidation sites excluding steroid dienone is 1. The summed E-state index contributed by atoms with van der Waals surface area (Å²) in [6.07, 6.45) is 2.32. The number of nitrogens with zero attached hydrogens (tertiary/aromatic N) is 2. The van der Waals surface area contributed by atoms with E-state index in [2.05, 4.69) is 15.2 Å². The maximum Gasteiger partial charge on any atom is 0.224 e. The number of rotatable bonds is 5. The Morgan fingerprint density at radius 2 is 2.04 bits per heavy atom. The molecular formula is C15H12N4O3S. The van der Waals surface area contributed by atoms with Crippen molar-refractivity contribution in [3.8, 4) is 0 Å². The largest absolute Gasteiger partial charge is 0.504 e. The van der Waals surface area contributed by atoms with Gasteiger partial charge in [0.05, 0.1) is 0 Å². The molecule has 3 aromatic rings. The highest BCUT2D eigenvalue weighted by Crippen LogP contribution is 2.30. The van der Waals surface area contributed by atoms with Crippen molar-refractivity contribution in [3.63, 3.8) is 0 Å². The van der Waals surface area contributed by atoms with Gasteiger partial charge in [0.2, 0.25) is 11.6 Å². The van der Waals surface area contributed by atoms with Crippen LogP contribution in [-0.2, 0) is 0 Å². The quantitative estimate of drug-likeness (QED) is 0.285. The number of nitrogens with one attached hydrogen (secondary N) is 1. The van der Waals surface area contributed by atoms with Gasteiger partial charge in [-0.3, -0.25) is 9.89 Å². The zero-order valence-electron chi connectivity index (χ0n) is 11.8. The van der Waals surface area contributed by atoms with Crippen LogP contribution in [0.1, 0.15) is 16.4 Å². The van der Waals surface area contributed by atoms with E-state index in [0.717, 1.165) is 11.0 Å². The molecule has 1 aromatic carbocycles. The summed E-state index contributed by atoms with van der Waals surface area (Å²) in [7, 11) is 0. The number of anilines is 1. The first-order valence-electron chi connectivity index (χ1n) is 6.56. The van der Waals surface area contributed by atoms with Gasteiger partial charge in [0, 0.05) is 16.7 Å². The van der Waals surface area contributed by atoms with Crippen LogP contribution in [-0.4, -0.2) is 26.1 Å². The second-order valence-electron chi connectivity index (χ2n) is 4.51. The second-order valence-corrected chi connectivity index (χ2v) is 5.58. The molecule has 2 aromatic heterocycles. The van der Waals surface area contributed by atoms with E-state index in [1.807, 2.05) is 12.1 Å². The summed E-state index contributed by atoms with van der Waals surface area (Å²) in [4.78, 5) is 16.7. The number of benzene rings is 1. The van der Waals surface area contributed by atoms with Crippen molar-refractivity contribution in [1.82, 2.24) is 15.2 Å². The fourth-order valence-electron chi connectivity index (χ4n) is 1.75. The van der Waals surface area contributed by atoms with Crippen LogP contribution in [0, 0.1) is 0 Å². The van der Waals surface area contributed by atoms with Gasteiger partial charge in [-0.15, -0.1) is 0 Å². The molecule has 0 saturated heterocycles. The summed E-state index contributed by atoms with van der Waals surface area (Å²) in [5.41, 5.74) is 6.31. The standard InChI is InChI=1S/C15H12N4O3S/c16-9-1-3-10(4-2-9)23-14-6-5-13(22-14)11(20)7-12(21)15-17-8-18-19-15/h1-8,21H,16H2,(H,17,18,19). The van der Waals surface area contributed by atoms with Gasteiger partial charge >= 0.3 is 0 Å². The number of aromatic nitrogens is 3. The average Bonchev–Trinajstić information content (AvgIpc) is 3.21. The molecule has 0 atom stereocenters. The van der Waals surface area contributed by atoms with Gasteiger partial charge < -0.3 is 15.3 Å². The van der Waals surface area contributed by atoms with E-state index in [1.165, 1.54) is 18.1 Å². The summed E-state index contributed by atoms with van der Waals surface area (Å²) in [6.45, 7) is 0. The fourth-order valence-corrected chi connectivity index (χ4v) is 2.52. The number of H-pyrrole nitrogens is 1.